The van der Waals surface area contributed by atoms with Crippen LogP contribution in [0.15, 0.2) is 54.6 Å². The van der Waals surface area contributed by atoms with Crippen LogP contribution in [-0.2, 0) is 30.2 Å². The number of alkyl carbamates (subject to hydrolysis) is 1. The smallest absolute Gasteiger partial charge is 0.407 e. The van der Waals surface area contributed by atoms with Gasteiger partial charge in [-0.2, -0.15) is 0 Å². The zero-order valence-corrected chi connectivity index (χ0v) is 25.7. The minimum Gasteiger partial charge on any atom is -0.444 e. The van der Waals surface area contributed by atoms with E-state index >= 15 is 0 Å². The Balaban J connectivity index is 1.89. The Morgan fingerprint density at radius 1 is 1.00 bits per heavy atom. The fourth-order valence-corrected chi connectivity index (χ4v) is 4.62. The largest absolute Gasteiger partial charge is 0.444 e. The van der Waals surface area contributed by atoms with Crippen LogP contribution in [0.4, 0.5) is 4.79 Å². The van der Waals surface area contributed by atoms with Gasteiger partial charge >= 0.3 is 12.1 Å². The van der Waals surface area contributed by atoms with Crippen LogP contribution in [0.2, 0.25) is 0 Å². The molecule has 4 unspecified atom stereocenters. The second-order valence-corrected chi connectivity index (χ2v) is 12.1. The first-order valence-electron chi connectivity index (χ1n) is 14.8. The molecule has 1 heterocycles. The molecule has 234 valence electrons. The first kappa shape index (κ1) is 33.7. The predicted molar refractivity (Wildman–Crippen MR) is 161 cm³/mol. The number of esters is 1. The van der Waals surface area contributed by atoms with Gasteiger partial charge in [0, 0.05) is 12.2 Å². The molecule has 1 aliphatic rings. The average molecular weight is 597 g/mol. The van der Waals surface area contributed by atoms with Crippen LogP contribution in [0.25, 0.3) is 0 Å². The highest BCUT2D eigenvalue weighted by Gasteiger charge is 2.37. The fraction of sp³-hybridized carbons (Fsp3) is 0.515. The Labute approximate surface area is 253 Å². The fourth-order valence-electron chi connectivity index (χ4n) is 4.62. The van der Waals surface area contributed by atoms with Gasteiger partial charge in [0.25, 0.3) is 5.91 Å². The van der Waals surface area contributed by atoms with Crippen LogP contribution in [0.3, 0.4) is 0 Å². The van der Waals surface area contributed by atoms with Gasteiger partial charge in [0.1, 0.15) is 23.7 Å². The summed E-state index contributed by atoms with van der Waals surface area (Å²) in [7, 11) is 0. The summed E-state index contributed by atoms with van der Waals surface area (Å²) in [4.78, 5) is 51.2. The summed E-state index contributed by atoms with van der Waals surface area (Å²) in [5.41, 5.74) is 0.549. The summed E-state index contributed by atoms with van der Waals surface area (Å²) < 4.78 is 23.1. The molecular formula is C33H44N2O8. The van der Waals surface area contributed by atoms with Crippen molar-refractivity contribution in [2.75, 3.05) is 6.61 Å². The van der Waals surface area contributed by atoms with E-state index in [2.05, 4.69) is 10.6 Å². The number of ether oxygens (including phenoxy) is 4. The van der Waals surface area contributed by atoms with Gasteiger partial charge in [0.15, 0.2) is 12.4 Å². The van der Waals surface area contributed by atoms with Crippen molar-refractivity contribution >= 4 is 24.3 Å². The van der Waals surface area contributed by atoms with Crippen molar-refractivity contribution in [1.82, 2.24) is 10.6 Å². The van der Waals surface area contributed by atoms with Crippen molar-refractivity contribution in [1.29, 1.82) is 0 Å². The molecule has 3 rings (SSSR count). The molecule has 0 aliphatic carbocycles. The van der Waals surface area contributed by atoms with E-state index in [9.17, 15) is 19.2 Å². The Morgan fingerprint density at radius 3 is 2.28 bits per heavy atom. The number of rotatable bonds is 13. The Kier molecular flexibility index (Phi) is 12.7. The van der Waals surface area contributed by atoms with E-state index in [-0.39, 0.29) is 18.1 Å². The molecule has 10 nitrogen and oxygen atoms in total. The van der Waals surface area contributed by atoms with Crippen molar-refractivity contribution in [3.05, 3.63) is 65.7 Å². The van der Waals surface area contributed by atoms with E-state index in [4.69, 9.17) is 18.9 Å². The maximum atomic E-state index is 14.0. The van der Waals surface area contributed by atoms with Crippen molar-refractivity contribution in [2.45, 2.75) is 96.8 Å². The molecule has 0 bridgehead atoms. The molecule has 0 saturated carbocycles. The lowest BCUT2D eigenvalue weighted by molar-refractivity contribution is -0.197. The highest BCUT2D eigenvalue weighted by molar-refractivity contribution is 5.88. The molecule has 0 aromatic heterocycles. The van der Waals surface area contributed by atoms with E-state index in [0.29, 0.717) is 31.3 Å². The number of aldehydes is 1. The zero-order valence-electron chi connectivity index (χ0n) is 25.7. The Bertz CT molecular complexity index is 1190. The van der Waals surface area contributed by atoms with Crippen LogP contribution in [-0.4, -0.2) is 60.9 Å². The molecule has 2 aromatic carbocycles. The van der Waals surface area contributed by atoms with E-state index in [1.807, 2.05) is 44.2 Å². The minimum atomic E-state index is -1.22. The van der Waals surface area contributed by atoms with Crippen molar-refractivity contribution in [2.24, 2.45) is 5.92 Å². The maximum Gasteiger partial charge on any atom is 0.407 e. The van der Waals surface area contributed by atoms with Gasteiger partial charge in [-0.3, -0.25) is 9.59 Å². The third kappa shape index (κ3) is 11.8. The summed E-state index contributed by atoms with van der Waals surface area (Å²) >= 11 is 0. The predicted octanol–water partition coefficient (Wildman–Crippen LogP) is 4.98. The lowest BCUT2D eigenvalue weighted by Crippen LogP contribution is -2.57. The van der Waals surface area contributed by atoms with E-state index in [1.54, 1.807) is 20.8 Å². The SMILES string of the molecule is CC(C)CC(NC(=O)C(OC1CCCCO1)C(Cc1ccccc1)NC(=O)OC(C)(C)C)C(=O)Oc1ccc(C=O)cc1. The van der Waals surface area contributed by atoms with E-state index < -0.39 is 48.0 Å². The molecule has 2 amide bonds. The van der Waals surface area contributed by atoms with Gasteiger partial charge in [0.2, 0.25) is 0 Å². The van der Waals surface area contributed by atoms with Crippen LogP contribution < -0.4 is 15.4 Å². The van der Waals surface area contributed by atoms with Crippen LogP contribution in [0, 0.1) is 5.92 Å². The highest BCUT2D eigenvalue weighted by atomic mass is 16.7. The Morgan fingerprint density at radius 2 is 1.70 bits per heavy atom. The summed E-state index contributed by atoms with van der Waals surface area (Å²) in [6.45, 7) is 9.61. The molecule has 2 N–H and O–H groups in total. The van der Waals surface area contributed by atoms with Crippen molar-refractivity contribution in [3.63, 3.8) is 0 Å². The van der Waals surface area contributed by atoms with Crippen LogP contribution >= 0.6 is 0 Å². The number of nitrogens with one attached hydrogen (secondary N) is 2. The van der Waals surface area contributed by atoms with Gasteiger partial charge in [0.05, 0.1) is 6.04 Å². The molecule has 10 heteroatoms. The lowest BCUT2D eigenvalue weighted by atomic mass is 9.99. The van der Waals surface area contributed by atoms with Gasteiger partial charge in [-0.05, 0) is 88.6 Å². The van der Waals surface area contributed by atoms with Gasteiger partial charge in [-0.15, -0.1) is 0 Å². The molecule has 0 spiro atoms. The summed E-state index contributed by atoms with van der Waals surface area (Å²) in [6, 6.07) is 13.7. The van der Waals surface area contributed by atoms with Crippen LogP contribution in [0.5, 0.6) is 5.75 Å². The van der Waals surface area contributed by atoms with Crippen LogP contribution in [0.1, 0.15) is 76.2 Å². The number of amides is 2. The standard InChI is InChI=1S/C33H44N2O8/c1-22(2)19-27(31(38)41-25-16-14-24(21-36)15-17-25)34-30(37)29(42-28-13-9-10-18-40-28)26(20-23-11-7-6-8-12-23)35-32(39)43-33(3,4)5/h6-8,11-12,14-17,21-22,26-29H,9-10,13,18-20H2,1-5H3,(H,34,37)(H,35,39). The van der Waals surface area contributed by atoms with Crippen molar-refractivity contribution < 1.29 is 38.1 Å². The average Bonchev–Trinajstić information content (AvgIpc) is 2.95. The number of hydrogen-bond acceptors (Lipinski definition) is 8. The molecule has 43 heavy (non-hydrogen) atoms. The number of benzene rings is 2. The maximum absolute atomic E-state index is 14.0. The van der Waals surface area contributed by atoms with Gasteiger partial charge in [-0.1, -0.05) is 44.2 Å². The van der Waals surface area contributed by atoms with Gasteiger partial charge < -0.3 is 29.6 Å². The topological polar surface area (TPSA) is 129 Å². The third-order valence-electron chi connectivity index (χ3n) is 6.60. The van der Waals surface area contributed by atoms with Crippen molar-refractivity contribution in [3.8, 4) is 5.75 Å². The minimum absolute atomic E-state index is 0.0383. The first-order valence-corrected chi connectivity index (χ1v) is 14.8. The molecule has 2 aromatic rings. The second-order valence-electron chi connectivity index (χ2n) is 12.1. The third-order valence-corrected chi connectivity index (χ3v) is 6.60. The first-order chi connectivity index (χ1) is 20.4. The Hall–Kier alpha value is -3.76. The molecule has 1 fully saturated rings. The second kappa shape index (κ2) is 16.2. The number of carbonyl (C=O) groups excluding carboxylic acids is 4. The molecule has 1 saturated heterocycles. The normalized spacial score (nSPS) is 17.3. The summed E-state index contributed by atoms with van der Waals surface area (Å²) in [5.74, 6) is -0.967. The highest BCUT2D eigenvalue weighted by Crippen LogP contribution is 2.21. The summed E-state index contributed by atoms with van der Waals surface area (Å²) in [6.07, 6.45) is 1.02. The van der Waals surface area contributed by atoms with E-state index in [0.717, 1.165) is 18.4 Å². The lowest BCUT2D eigenvalue weighted by Gasteiger charge is -2.33. The molecular weight excluding hydrogens is 552 g/mol. The number of carbonyl (C=O) groups is 4. The van der Waals surface area contributed by atoms with Gasteiger partial charge in [-0.25, -0.2) is 9.59 Å². The molecule has 1 aliphatic heterocycles. The summed E-state index contributed by atoms with van der Waals surface area (Å²) in [5, 5.41) is 5.67. The number of hydrogen-bond donors (Lipinski definition) is 2. The molecule has 0 radical (unpaired) electrons. The zero-order chi connectivity index (χ0) is 31.4. The van der Waals surface area contributed by atoms with E-state index in [1.165, 1.54) is 24.3 Å². The monoisotopic (exact) mass is 596 g/mol. The molecule has 4 atom stereocenters. The quantitative estimate of drug-likeness (QED) is 0.188.